The lowest BCUT2D eigenvalue weighted by molar-refractivity contribution is 0.239. The fourth-order valence-corrected chi connectivity index (χ4v) is 6.25. The molecule has 2 N–H and O–H groups in total. The van der Waals surface area contributed by atoms with Gasteiger partial charge in [-0.25, -0.2) is 21.6 Å². The highest BCUT2D eigenvalue weighted by molar-refractivity contribution is 7.90. The van der Waals surface area contributed by atoms with Crippen LogP contribution in [0.4, 0.5) is 4.79 Å². The van der Waals surface area contributed by atoms with Crippen LogP contribution in [-0.2, 0) is 20.0 Å². The third kappa shape index (κ3) is 2.88. The summed E-state index contributed by atoms with van der Waals surface area (Å²) < 4.78 is 54.0. The van der Waals surface area contributed by atoms with Gasteiger partial charge in [-0.05, 0) is 24.3 Å². The van der Waals surface area contributed by atoms with E-state index in [1.807, 2.05) is 0 Å². The molecule has 2 saturated heterocycles. The highest BCUT2D eigenvalue weighted by atomic mass is 32.2. The summed E-state index contributed by atoms with van der Waals surface area (Å²) in [4.78, 5) is 11.8. The minimum atomic E-state index is -4.02. The molecule has 2 amide bonds. The predicted molar refractivity (Wildman–Crippen MR) is 95.0 cm³/mol. The molecule has 9 nitrogen and oxygen atoms in total. The number of fused-ring (bicyclic) bond motifs is 1. The van der Waals surface area contributed by atoms with Crippen LogP contribution in [0.2, 0.25) is 0 Å². The molecule has 2 aromatic rings. The van der Waals surface area contributed by atoms with E-state index in [4.69, 9.17) is 0 Å². The van der Waals surface area contributed by atoms with E-state index in [0.29, 0.717) is 0 Å². The van der Waals surface area contributed by atoms with Crippen LogP contribution in [0.25, 0.3) is 0 Å². The second-order valence-corrected chi connectivity index (χ2v) is 9.84. The zero-order chi connectivity index (χ0) is 19.2. The van der Waals surface area contributed by atoms with Gasteiger partial charge in [-0.1, -0.05) is 36.4 Å². The molecule has 0 aromatic heterocycles. The molecule has 2 fully saturated rings. The lowest BCUT2D eigenvalue weighted by atomic mass is 10.4. The quantitative estimate of drug-likeness (QED) is 0.755. The molecule has 142 valence electrons. The third-order valence-corrected chi connectivity index (χ3v) is 8.11. The van der Waals surface area contributed by atoms with Crippen molar-refractivity contribution in [3.63, 3.8) is 0 Å². The molecule has 0 bridgehead atoms. The van der Waals surface area contributed by atoms with Gasteiger partial charge < -0.3 is 10.6 Å². The minimum Gasteiger partial charge on any atom is -0.318 e. The van der Waals surface area contributed by atoms with Crippen molar-refractivity contribution in [3.8, 4) is 0 Å². The van der Waals surface area contributed by atoms with Crippen molar-refractivity contribution >= 4 is 26.1 Å². The third-order valence-electron chi connectivity index (χ3n) is 4.46. The van der Waals surface area contributed by atoms with E-state index in [9.17, 15) is 21.6 Å². The maximum atomic E-state index is 13.0. The summed E-state index contributed by atoms with van der Waals surface area (Å²) >= 11 is 0. The second-order valence-electron chi connectivity index (χ2n) is 6.06. The number of benzene rings is 2. The second kappa shape index (κ2) is 6.30. The number of hydrogen-bond donors (Lipinski definition) is 2. The summed E-state index contributed by atoms with van der Waals surface area (Å²) in [6.45, 7) is -0.420. The van der Waals surface area contributed by atoms with Gasteiger partial charge in [0.1, 0.15) is 12.3 Å². The summed E-state index contributed by atoms with van der Waals surface area (Å²) in [5.74, 6) is 0. The zero-order valence-electron chi connectivity index (χ0n) is 13.9. The molecule has 0 unspecified atom stereocenters. The highest BCUT2D eigenvalue weighted by Gasteiger charge is 2.55. The molecule has 2 aromatic carbocycles. The van der Waals surface area contributed by atoms with E-state index in [1.54, 1.807) is 36.4 Å². The van der Waals surface area contributed by atoms with Crippen LogP contribution in [0.5, 0.6) is 0 Å². The number of nitrogens with one attached hydrogen (secondary N) is 2. The fourth-order valence-electron chi connectivity index (χ4n) is 3.15. The monoisotopic (exact) mass is 408 g/mol. The van der Waals surface area contributed by atoms with Crippen LogP contribution in [0, 0.1) is 0 Å². The number of rotatable bonds is 4. The standard InChI is InChI=1S/C16H16N4O5S2/c21-16-17-14-15(18-16)20(27(24,25)13-9-5-2-6-10-13)11-19(14)26(22,23)12-7-3-1-4-8-12/h1-10,14-15H,11H2,(H2,17,18,21)/t14-,15-/m1/s1. The minimum absolute atomic E-state index is 0.0175. The SMILES string of the molecule is O=C1N[C@H]2[C@H](N1)N(S(=O)(=O)c1ccccc1)CN2S(=O)(=O)c1ccccc1. The van der Waals surface area contributed by atoms with E-state index >= 15 is 0 Å². The zero-order valence-corrected chi connectivity index (χ0v) is 15.5. The van der Waals surface area contributed by atoms with Gasteiger partial charge in [-0.15, -0.1) is 0 Å². The molecule has 2 aliphatic heterocycles. The Morgan fingerprint density at radius 1 is 0.704 bits per heavy atom. The van der Waals surface area contributed by atoms with Gasteiger partial charge in [-0.2, -0.15) is 8.61 Å². The first-order valence-electron chi connectivity index (χ1n) is 8.03. The van der Waals surface area contributed by atoms with Gasteiger partial charge in [0.2, 0.25) is 20.0 Å². The Labute approximate surface area is 156 Å². The van der Waals surface area contributed by atoms with Crippen LogP contribution >= 0.6 is 0 Å². The van der Waals surface area contributed by atoms with Crippen molar-refractivity contribution in [1.82, 2.24) is 19.2 Å². The van der Waals surface area contributed by atoms with E-state index in [1.165, 1.54) is 24.3 Å². The molecule has 2 aliphatic rings. The lowest BCUT2D eigenvalue weighted by Crippen LogP contribution is -2.46. The van der Waals surface area contributed by atoms with Gasteiger partial charge in [0.15, 0.2) is 0 Å². The van der Waals surface area contributed by atoms with Crippen molar-refractivity contribution in [2.24, 2.45) is 0 Å². The molecule has 2 atom stereocenters. The topological polar surface area (TPSA) is 116 Å². The molecular weight excluding hydrogens is 392 g/mol. The van der Waals surface area contributed by atoms with Crippen molar-refractivity contribution in [1.29, 1.82) is 0 Å². The predicted octanol–water partition coefficient (Wildman–Crippen LogP) is 0.304. The number of hydrogen-bond acceptors (Lipinski definition) is 5. The lowest BCUT2D eigenvalue weighted by Gasteiger charge is -2.21. The summed E-state index contributed by atoms with van der Waals surface area (Å²) in [6, 6.07) is 14.7. The first kappa shape index (κ1) is 17.9. The van der Waals surface area contributed by atoms with Crippen molar-refractivity contribution in [2.75, 3.05) is 6.67 Å². The summed E-state index contributed by atoms with van der Waals surface area (Å²) in [5.41, 5.74) is 0. The smallest absolute Gasteiger partial charge is 0.317 e. The maximum absolute atomic E-state index is 13.0. The molecule has 0 radical (unpaired) electrons. The van der Waals surface area contributed by atoms with E-state index in [-0.39, 0.29) is 9.79 Å². The summed E-state index contributed by atoms with van der Waals surface area (Å²) in [7, 11) is -8.04. The van der Waals surface area contributed by atoms with Gasteiger partial charge in [0.25, 0.3) is 0 Å². The van der Waals surface area contributed by atoms with Crippen molar-refractivity contribution in [2.45, 2.75) is 22.1 Å². The summed E-state index contributed by atoms with van der Waals surface area (Å²) in [5, 5.41) is 4.97. The van der Waals surface area contributed by atoms with Crippen LogP contribution in [0.3, 0.4) is 0 Å². The largest absolute Gasteiger partial charge is 0.318 e. The molecule has 2 heterocycles. The molecule has 11 heteroatoms. The number of amides is 2. The van der Waals surface area contributed by atoms with E-state index < -0.39 is 45.1 Å². The van der Waals surface area contributed by atoms with Crippen LogP contribution < -0.4 is 10.6 Å². The molecule has 4 rings (SSSR count). The van der Waals surface area contributed by atoms with Gasteiger partial charge in [-0.3, -0.25) is 0 Å². The Bertz CT molecular complexity index is 989. The van der Waals surface area contributed by atoms with Crippen molar-refractivity contribution in [3.05, 3.63) is 60.7 Å². The molecular formula is C16H16N4O5S2. The fraction of sp³-hybridized carbons (Fsp3) is 0.188. The highest BCUT2D eigenvalue weighted by Crippen LogP contribution is 2.31. The van der Waals surface area contributed by atoms with Gasteiger partial charge in [0.05, 0.1) is 16.5 Å². The van der Waals surface area contributed by atoms with Crippen LogP contribution in [0.15, 0.2) is 70.5 Å². The van der Waals surface area contributed by atoms with Crippen molar-refractivity contribution < 1.29 is 21.6 Å². The van der Waals surface area contributed by atoms with Crippen LogP contribution in [0.1, 0.15) is 0 Å². The first-order valence-corrected chi connectivity index (χ1v) is 10.9. The number of sulfonamides is 2. The van der Waals surface area contributed by atoms with Gasteiger partial charge in [0, 0.05) is 0 Å². The van der Waals surface area contributed by atoms with Gasteiger partial charge >= 0.3 is 6.03 Å². The number of nitrogens with zero attached hydrogens (tertiary/aromatic N) is 2. The Hall–Kier alpha value is -2.47. The van der Waals surface area contributed by atoms with Crippen LogP contribution in [-0.4, -0.2) is 50.5 Å². The maximum Gasteiger partial charge on any atom is 0.317 e. The molecule has 0 aliphatic carbocycles. The average Bonchev–Trinajstić information content (AvgIpc) is 3.20. The number of urea groups is 1. The molecule has 27 heavy (non-hydrogen) atoms. The molecule has 0 spiro atoms. The molecule has 0 saturated carbocycles. The Kier molecular flexibility index (Phi) is 4.18. The Balaban J connectivity index is 1.76. The average molecular weight is 408 g/mol. The first-order chi connectivity index (χ1) is 12.8. The Morgan fingerprint density at radius 3 is 1.44 bits per heavy atom. The van der Waals surface area contributed by atoms with E-state index in [2.05, 4.69) is 10.6 Å². The normalized spacial score (nSPS) is 23.6. The number of carbonyl (C=O) groups excluding carboxylic acids is 1. The Morgan fingerprint density at radius 2 is 1.07 bits per heavy atom. The number of carbonyl (C=O) groups is 1. The van der Waals surface area contributed by atoms with E-state index in [0.717, 1.165) is 8.61 Å². The summed E-state index contributed by atoms with van der Waals surface area (Å²) in [6.07, 6.45) is -2.08.